The maximum atomic E-state index is 10.8. The van der Waals surface area contributed by atoms with E-state index in [4.69, 9.17) is 0 Å². The molecule has 0 aromatic rings. The molecular formula is C30H52O3. The highest BCUT2D eigenvalue weighted by Gasteiger charge is 2.68. The van der Waals surface area contributed by atoms with E-state index in [-0.39, 0.29) is 11.5 Å². The standard InChI is InChI=1S/C30H52O3/c1-19(9-12-25(32)27(4,5)33)20-13-17-29(7)21(20)10-11-23-28(6)16-15-24(31)26(2,3)22(28)14-18-30(23,29)8/h20-25,31-33H,1,9-18H2,2-8H3/t20-,21-,22-,23-,24+,25-,28+,29-,30-/m1/s1. The zero-order valence-corrected chi connectivity index (χ0v) is 22.6. The van der Waals surface area contributed by atoms with Crippen LogP contribution in [0.4, 0.5) is 0 Å². The van der Waals surface area contributed by atoms with Crippen LogP contribution >= 0.6 is 0 Å². The molecule has 4 aliphatic rings. The lowest BCUT2D eigenvalue weighted by Gasteiger charge is -2.69. The Morgan fingerprint density at radius 3 is 2.18 bits per heavy atom. The molecule has 0 aromatic carbocycles. The molecule has 9 atom stereocenters. The quantitative estimate of drug-likeness (QED) is 0.410. The maximum Gasteiger partial charge on any atom is 0.0849 e. The Labute approximate surface area is 203 Å². The smallest absolute Gasteiger partial charge is 0.0849 e. The van der Waals surface area contributed by atoms with Crippen molar-refractivity contribution in [2.45, 2.75) is 130 Å². The molecule has 0 unspecified atom stereocenters. The monoisotopic (exact) mass is 460 g/mol. The summed E-state index contributed by atoms with van der Waals surface area (Å²) in [6.07, 6.45) is 10.3. The Hall–Kier alpha value is -0.380. The molecule has 0 amide bonds. The Kier molecular flexibility index (Phi) is 6.28. The molecule has 4 aliphatic carbocycles. The highest BCUT2D eigenvalue weighted by Crippen LogP contribution is 2.75. The van der Waals surface area contributed by atoms with Crippen molar-refractivity contribution in [2.75, 3.05) is 0 Å². The van der Waals surface area contributed by atoms with Gasteiger partial charge in [0, 0.05) is 0 Å². The van der Waals surface area contributed by atoms with Gasteiger partial charge in [0.05, 0.1) is 17.8 Å². The molecule has 0 heterocycles. The molecule has 3 heteroatoms. The maximum absolute atomic E-state index is 10.8. The second kappa shape index (κ2) is 8.07. The predicted octanol–water partition coefficient (Wildman–Crippen LogP) is 6.50. The Balaban J connectivity index is 1.55. The molecular weight excluding hydrogens is 408 g/mol. The minimum absolute atomic E-state index is 0.0138. The normalized spacial score (nSPS) is 47.9. The fourth-order valence-electron chi connectivity index (χ4n) is 10.1. The third-order valence-electron chi connectivity index (χ3n) is 12.5. The lowest BCUT2D eigenvalue weighted by molar-refractivity contribution is -0.220. The Bertz CT molecular complexity index is 765. The Morgan fingerprint density at radius 2 is 1.55 bits per heavy atom. The molecule has 190 valence electrons. The molecule has 0 aromatic heterocycles. The summed E-state index contributed by atoms with van der Waals surface area (Å²) in [4.78, 5) is 0. The van der Waals surface area contributed by atoms with Crippen molar-refractivity contribution in [3.8, 4) is 0 Å². The van der Waals surface area contributed by atoms with Crippen LogP contribution in [0.15, 0.2) is 12.2 Å². The van der Waals surface area contributed by atoms with Gasteiger partial charge < -0.3 is 15.3 Å². The highest BCUT2D eigenvalue weighted by molar-refractivity contribution is 5.20. The van der Waals surface area contributed by atoms with Crippen LogP contribution in [0.1, 0.15) is 113 Å². The fourth-order valence-corrected chi connectivity index (χ4v) is 10.1. The summed E-state index contributed by atoms with van der Waals surface area (Å²) in [6.45, 7) is 20.4. The van der Waals surface area contributed by atoms with E-state index in [0.29, 0.717) is 40.4 Å². The van der Waals surface area contributed by atoms with Crippen molar-refractivity contribution in [1.29, 1.82) is 0 Å². The molecule has 3 nitrogen and oxygen atoms in total. The number of hydrogen-bond acceptors (Lipinski definition) is 3. The molecule has 0 radical (unpaired) electrons. The first-order chi connectivity index (χ1) is 15.1. The van der Waals surface area contributed by atoms with Crippen molar-refractivity contribution in [2.24, 2.45) is 45.3 Å². The molecule has 33 heavy (non-hydrogen) atoms. The van der Waals surface area contributed by atoms with E-state index < -0.39 is 11.7 Å². The minimum Gasteiger partial charge on any atom is -0.393 e. The summed E-state index contributed by atoms with van der Waals surface area (Å²) in [7, 11) is 0. The minimum atomic E-state index is -1.05. The van der Waals surface area contributed by atoms with Gasteiger partial charge in [-0.2, -0.15) is 0 Å². The van der Waals surface area contributed by atoms with E-state index in [1.54, 1.807) is 13.8 Å². The van der Waals surface area contributed by atoms with Crippen LogP contribution in [0, 0.1) is 45.3 Å². The predicted molar refractivity (Wildman–Crippen MR) is 136 cm³/mol. The molecule has 4 rings (SSSR count). The second-order valence-electron chi connectivity index (χ2n) is 14.6. The molecule has 0 bridgehead atoms. The van der Waals surface area contributed by atoms with Gasteiger partial charge in [0.2, 0.25) is 0 Å². The van der Waals surface area contributed by atoms with Gasteiger partial charge in [-0.15, -0.1) is 0 Å². The lowest BCUT2D eigenvalue weighted by Crippen LogP contribution is -2.63. The molecule has 0 saturated heterocycles. The van der Waals surface area contributed by atoms with E-state index in [9.17, 15) is 15.3 Å². The van der Waals surface area contributed by atoms with Crippen molar-refractivity contribution < 1.29 is 15.3 Å². The van der Waals surface area contributed by atoms with Crippen molar-refractivity contribution >= 4 is 0 Å². The molecule has 4 saturated carbocycles. The summed E-state index contributed by atoms with van der Waals surface area (Å²) >= 11 is 0. The van der Waals surface area contributed by atoms with Gasteiger partial charge in [-0.3, -0.25) is 0 Å². The van der Waals surface area contributed by atoms with E-state index in [0.717, 1.165) is 18.8 Å². The average molecular weight is 461 g/mol. The zero-order valence-electron chi connectivity index (χ0n) is 22.6. The van der Waals surface area contributed by atoms with Crippen LogP contribution in [0.5, 0.6) is 0 Å². The summed E-state index contributed by atoms with van der Waals surface area (Å²) in [5.41, 5.74) is 1.28. The van der Waals surface area contributed by atoms with E-state index in [1.807, 2.05) is 0 Å². The van der Waals surface area contributed by atoms with Crippen molar-refractivity contribution in [3.05, 3.63) is 12.2 Å². The molecule has 3 N–H and O–H groups in total. The third-order valence-corrected chi connectivity index (χ3v) is 12.5. The summed E-state index contributed by atoms with van der Waals surface area (Å²) in [6, 6.07) is 0. The molecule has 0 spiro atoms. The Morgan fingerprint density at radius 1 is 0.909 bits per heavy atom. The first-order valence-corrected chi connectivity index (χ1v) is 13.8. The number of fused-ring (bicyclic) bond motifs is 5. The van der Waals surface area contributed by atoms with Crippen LogP contribution in [0.25, 0.3) is 0 Å². The second-order valence-corrected chi connectivity index (χ2v) is 14.6. The largest absolute Gasteiger partial charge is 0.393 e. The van der Waals surface area contributed by atoms with Crippen LogP contribution in [-0.2, 0) is 0 Å². The van der Waals surface area contributed by atoms with Gasteiger partial charge in [0.15, 0.2) is 0 Å². The summed E-state index contributed by atoms with van der Waals surface area (Å²) in [5.74, 6) is 2.59. The number of rotatable bonds is 5. The summed E-state index contributed by atoms with van der Waals surface area (Å²) < 4.78 is 0. The van der Waals surface area contributed by atoms with Gasteiger partial charge in [0.1, 0.15) is 0 Å². The fraction of sp³-hybridized carbons (Fsp3) is 0.933. The van der Waals surface area contributed by atoms with Crippen LogP contribution in [0.3, 0.4) is 0 Å². The SMILES string of the molecule is C=C(CC[C@@H](O)C(C)(C)O)[C@H]1CC[C@]2(C)[C@@H]1CC[C@@H]1[C@@]3(C)CC[C@H](O)C(C)(C)[C@H]3CC[C@]12C. The third kappa shape index (κ3) is 3.70. The zero-order chi connectivity index (χ0) is 24.6. The highest BCUT2D eigenvalue weighted by atomic mass is 16.3. The average Bonchev–Trinajstić information content (AvgIpc) is 3.07. The van der Waals surface area contributed by atoms with Gasteiger partial charge in [-0.25, -0.2) is 0 Å². The van der Waals surface area contributed by atoms with E-state index in [2.05, 4.69) is 41.2 Å². The summed E-state index contributed by atoms with van der Waals surface area (Å²) in [5, 5.41) is 31.3. The van der Waals surface area contributed by atoms with E-state index >= 15 is 0 Å². The first kappa shape index (κ1) is 25.7. The van der Waals surface area contributed by atoms with E-state index in [1.165, 1.54) is 50.5 Å². The van der Waals surface area contributed by atoms with Gasteiger partial charge >= 0.3 is 0 Å². The van der Waals surface area contributed by atoms with Gasteiger partial charge in [-0.1, -0.05) is 46.8 Å². The number of aliphatic hydroxyl groups is 3. The first-order valence-electron chi connectivity index (χ1n) is 13.8. The van der Waals surface area contributed by atoms with Crippen LogP contribution in [-0.4, -0.2) is 33.1 Å². The number of hydrogen-bond donors (Lipinski definition) is 3. The number of allylic oxidation sites excluding steroid dienone is 1. The lowest BCUT2D eigenvalue weighted by atomic mass is 9.35. The molecule has 0 aliphatic heterocycles. The van der Waals surface area contributed by atoms with Crippen LogP contribution < -0.4 is 0 Å². The molecule has 4 fully saturated rings. The topological polar surface area (TPSA) is 60.7 Å². The van der Waals surface area contributed by atoms with Gasteiger partial charge in [-0.05, 0) is 123 Å². The number of aliphatic hydroxyl groups excluding tert-OH is 2. The van der Waals surface area contributed by atoms with Gasteiger partial charge in [0.25, 0.3) is 0 Å². The van der Waals surface area contributed by atoms with Crippen LogP contribution in [0.2, 0.25) is 0 Å². The van der Waals surface area contributed by atoms with Crippen molar-refractivity contribution in [1.82, 2.24) is 0 Å². The van der Waals surface area contributed by atoms with Crippen molar-refractivity contribution in [3.63, 3.8) is 0 Å².